The zero-order valence-electron chi connectivity index (χ0n) is 14.6. The SMILES string of the molecule is CCCn1cnnc1C1CCCCN1Cc1cn[nH]c1-c1cccs1. The predicted octanol–water partition coefficient (Wildman–Crippen LogP) is 3.87. The summed E-state index contributed by atoms with van der Waals surface area (Å²) in [5.74, 6) is 1.11. The molecule has 132 valence electrons. The van der Waals surface area contributed by atoms with Crippen LogP contribution in [-0.4, -0.2) is 36.4 Å². The molecule has 0 aliphatic carbocycles. The molecule has 3 aromatic rings. The van der Waals surface area contributed by atoms with E-state index in [1.54, 1.807) is 11.3 Å². The van der Waals surface area contributed by atoms with Gasteiger partial charge in [0.25, 0.3) is 0 Å². The van der Waals surface area contributed by atoms with Gasteiger partial charge in [0.1, 0.15) is 12.2 Å². The minimum atomic E-state index is 0.342. The molecule has 0 amide bonds. The fourth-order valence-corrected chi connectivity index (χ4v) is 4.45. The minimum absolute atomic E-state index is 0.342. The van der Waals surface area contributed by atoms with Crippen molar-refractivity contribution < 1.29 is 0 Å². The third-order valence-corrected chi connectivity index (χ3v) is 5.77. The third-order valence-electron chi connectivity index (χ3n) is 4.88. The van der Waals surface area contributed by atoms with Crippen LogP contribution < -0.4 is 0 Å². The van der Waals surface area contributed by atoms with E-state index in [1.807, 2.05) is 12.5 Å². The number of thiophene rings is 1. The Morgan fingerprint density at radius 2 is 2.32 bits per heavy atom. The van der Waals surface area contributed by atoms with Crippen molar-refractivity contribution in [3.63, 3.8) is 0 Å². The van der Waals surface area contributed by atoms with E-state index in [9.17, 15) is 0 Å². The Balaban J connectivity index is 1.58. The van der Waals surface area contributed by atoms with Crippen LogP contribution in [0.4, 0.5) is 0 Å². The highest BCUT2D eigenvalue weighted by molar-refractivity contribution is 7.13. The highest BCUT2D eigenvalue weighted by Crippen LogP contribution is 2.33. The second kappa shape index (κ2) is 7.49. The summed E-state index contributed by atoms with van der Waals surface area (Å²) < 4.78 is 2.22. The van der Waals surface area contributed by atoms with Gasteiger partial charge in [-0.25, -0.2) is 0 Å². The lowest BCUT2D eigenvalue weighted by Crippen LogP contribution is -2.34. The van der Waals surface area contributed by atoms with Crippen molar-refractivity contribution >= 4 is 11.3 Å². The van der Waals surface area contributed by atoms with Gasteiger partial charge in [-0.1, -0.05) is 19.4 Å². The van der Waals surface area contributed by atoms with Gasteiger partial charge in [0.05, 0.1) is 22.8 Å². The maximum atomic E-state index is 4.46. The van der Waals surface area contributed by atoms with Crippen LogP contribution in [0, 0.1) is 0 Å². The van der Waals surface area contributed by atoms with E-state index in [2.05, 4.69) is 54.3 Å². The molecule has 6 nitrogen and oxygen atoms in total. The molecule has 0 bridgehead atoms. The second-order valence-corrected chi connectivity index (χ2v) is 7.56. The number of aromatic amines is 1. The molecule has 0 saturated carbocycles. The number of aryl methyl sites for hydroxylation is 1. The minimum Gasteiger partial charge on any atom is -0.316 e. The van der Waals surface area contributed by atoms with Crippen LogP contribution in [0.1, 0.15) is 50.0 Å². The molecule has 1 saturated heterocycles. The van der Waals surface area contributed by atoms with Crippen LogP contribution >= 0.6 is 11.3 Å². The van der Waals surface area contributed by atoms with Crippen LogP contribution in [0.25, 0.3) is 10.6 Å². The van der Waals surface area contributed by atoms with E-state index in [-0.39, 0.29) is 0 Å². The normalized spacial score (nSPS) is 18.7. The Morgan fingerprint density at radius 3 is 3.16 bits per heavy atom. The van der Waals surface area contributed by atoms with Gasteiger partial charge in [-0.3, -0.25) is 10.00 Å². The summed E-state index contributed by atoms with van der Waals surface area (Å²) in [5.41, 5.74) is 2.41. The highest BCUT2D eigenvalue weighted by atomic mass is 32.1. The Bertz CT molecular complexity index is 790. The zero-order valence-corrected chi connectivity index (χ0v) is 15.4. The van der Waals surface area contributed by atoms with Crippen molar-refractivity contribution in [2.45, 2.75) is 51.7 Å². The number of rotatable bonds is 6. The summed E-state index contributed by atoms with van der Waals surface area (Å²) in [6.07, 6.45) is 8.59. The lowest BCUT2D eigenvalue weighted by Gasteiger charge is -2.35. The molecule has 0 radical (unpaired) electrons. The van der Waals surface area contributed by atoms with Crippen LogP contribution in [0.5, 0.6) is 0 Å². The van der Waals surface area contributed by atoms with Crippen LogP contribution in [0.15, 0.2) is 30.0 Å². The summed E-state index contributed by atoms with van der Waals surface area (Å²) in [4.78, 5) is 3.79. The Kier molecular flexibility index (Phi) is 4.94. The Labute approximate surface area is 151 Å². The fraction of sp³-hybridized carbons (Fsp3) is 0.500. The molecule has 1 aliphatic rings. The lowest BCUT2D eigenvalue weighted by molar-refractivity contribution is 0.130. The van der Waals surface area contributed by atoms with Gasteiger partial charge in [-0.15, -0.1) is 21.5 Å². The van der Waals surface area contributed by atoms with E-state index >= 15 is 0 Å². The van der Waals surface area contributed by atoms with Crippen molar-refractivity contribution in [2.75, 3.05) is 6.54 Å². The molecule has 3 aromatic heterocycles. The number of hydrogen-bond donors (Lipinski definition) is 1. The van der Waals surface area contributed by atoms with E-state index in [0.717, 1.165) is 44.0 Å². The number of H-pyrrole nitrogens is 1. The van der Waals surface area contributed by atoms with E-state index in [0.29, 0.717) is 6.04 Å². The number of likely N-dealkylation sites (tertiary alicyclic amines) is 1. The maximum Gasteiger partial charge on any atom is 0.150 e. The first-order valence-corrected chi connectivity index (χ1v) is 9.92. The van der Waals surface area contributed by atoms with Crippen molar-refractivity contribution in [1.29, 1.82) is 0 Å². The van der Waals surface area contributed by atoms with Crippen LogP contribution in [0.2, 0.25) is 0 Å². The molecule has 1 fully saturated rings. The number of aromatic nitrogens is 5. The van der Waals surface area contributed by atoms with E-state index in [1.165, 1.54) is 23.3 Å². The topological polar surface area (TPSA) is 62.6 Å². The van der Waals surface area contributed by atoms with Gasteiger partial charge in [-0.05, 0) is 37.3 Å². The Morgan fingerprint density at radius 1 is 1.36 bits per heavy atom. The van der Waals surface area contributed by atoms with Crippen molar-refractivity contribution in [2.24, 2.45) is 0 Å². The summed E-state index contributed by atoms with van der Waals surface area (Å²) in [6.45, 7) is 5.17. The van der Waals surface area contributed by atoms with Gasteiger partial charge in [0, 0.05) is 18.7 Å². The molecule has 4 heterocycles. The Hall–Kier alpha value is -1.99. The zero-order chi connectivity index (χ0) is 17.1. The first-order valence-electron chi connectivity index (χ1n) is 9.04. The highest BCUT2D eigenvalue weighted by Gasteiger charge is 2.28. The molecule has 1 unspecified atom stereocenters. The van der Waals surface area contributed by atoms with E-state index < -0.39 is 0 Å². The second-order valence-electron chi connectivity index (χ2n) is 6.61. The molecule has 0 aromatic carbocycles. The van der Waals surface area contributed by atoms with Crippen LogP contribution in [-0.2, 0) is 13.1 Å². The quantitative estimate of drug-likeness (QED) is 0.728. The number of piperidine rings is 1. The van der Waals surface area contributed by atoms with Crippen LogP contribution in [0.3, 0.4) is 0 Å². The smallest absolute Gasteiger partial charge is 0.150 e. The van der Waals surface area contributed by atoms with Gasteiger partial charge in [0.2, 0.25) is 0 Å². The molecule has 1 N–H and O–H groups in total. The first-order chi connectivity index (χ1) is 12.4. The molecule has 25 heavy (non-hydrogen) atoms. The molecular weight excluding hydrogens is 332 g/mol. The van der Waals surface area contributed by atoms with E-state index in [4.69, 9.17) is 0 Å². The summed E-state index contributed by atoms with van der Waals surface area (Å²) in [6, 6.07) is 4.57. The number of hydrogen-bond acceptors (Lipinski definition) is 5. The molecular formula is C18H24N6S. The average molecular weight is 356 g/mol. The fourth-order valence-electron chi connectivity index (χ4n) is 3.69. The van der Waals surface area contributed by atoms with Crippen molar-refractivity contribution in [3.8, 4) is 10.6 Å². The van der Waals surface area contributed by atoms with Gasteiger partial charge in [0.15, 0.2) is 0 Å². The van der Waals surface area contributed by atoms with Gasteiger partial charge < -0.3 is 4.57 Å². The maximum absolute atomic E-state index is 4.46. The lowest BCUT2D eigenvalue weighted by atomic mass is 10.00. The third kappa shape index (κ3) is 3.39. The predicted molar refractivity (Wildman–Crippen MR) is 99.2 cm³/mol. The van der Waals surface area contributed by atoms with Gasteiger partial charge in [-0.2, -0.15) is 5.10 Å². The number of nitrogens with zero attached hydrogens (tertiary/aromatic N) is 5. The molecule has 1 aliphatic heterocycles. The van der Waals surface area contributed by atoms with Gasteiger partial charge >= 0.3 is 0 Å². The molecule has 4 rings (SSSR count). The molecule has 1 atom stereocenters. The first kappa shape index (κ1) is 16.5. The van der Waals surface area contributed by atoms with Crippen molar-refractivity contribution in [1.82, 2.24) is 29.9 Å². The summed E-state index contributed by atoms with van der Waals surface area (Å²) in [7, 11) is 0. The van der Waals surface area contributed by atoms with Crippen molar-refractivity contribution in [3.05, 3.63) is 41.4 Å². The monoisotopic (exact) mass is 356 g/mol. The average Bonchev–Trinajstić information content (AvgIpc) is 3.37. The summed E-state index contributed by atoms with van der Waals surface area (Å²) in [5, 5.41) is 18.2. The molecule has 0 spiro atoms. The summed E-state index contributed by atoms with van der Waals surface area (Å²) >= 11 is 1.75. The largest absolute Gasteiger partial charge is 0.316 e. The standard InChI is InChI=1S/C18H24N6S/c1-2-8-24-13-20-22-18(24)15-6-3-4-9-23(15)12-14-11-19-21-17(14)16-7-5-10-25-16/h5,7,10-11,13,15H,2-4,6,8-9,12H2,1H3,(H,19,21). The molecule has 7 heteroatoms. The number of nitrogens with one attached hydrogen (secondary N) is 1.